The first kappa shape index (κ1) is 14.2. The minimum atomic E-state index is -0.441. The van der Waals surface area contributed by atoms with E-state index in [0.717, 1.165) is 24.4 Å². The molecular formula is C12H23N3O2. The molecule has 5 nitrogen and oxygen atoms in total. The Morgan fingerprint density at radius 2 is 2.29 bits per heavy atom. The van der Waals surface area contributed by atoms with Crippen molar-refractivity contribution in [3.05, 3.63) is 17.5 Å². The molecule has 1 aromatic heterocycles. The highest BCUT2D eigenvalue weighted by atomic mass is 16.5. The molecule has 1 unspecified atom stereocenters. The predicted molar refractivity (Wildman–Crippen MR) is 66.8 cm³/mol. The summed E-state index contributed by atoms with van der Waals surface area (Å²) >= 11 is 0. The Balaban J connectivity index is 2.49. The molecule has 98 valence electrons. The first-order chi connectivity index (χ1) is 8.06. The molecule has 0 aliphatic heterocycles. The fraction of sp³-hybridized carbons (Fsp3) is 0.750. The maximum atomic E-state index is 9.63. The number of aliphatic hydroxyl groups is 1. The third kappa shape index (κ3) is 4.46. The number of aromatic nitrogens is 2. The minimum absolute atomic E-state index is 0.371. The Labute approximate surface area is 103 Å². The number of hydrogen-bond acceptors (Lipinski definition) is 4. The van der Waals surface area contributed by atoms with Gasteiger partial charge in [0.2, 0.25) is 0 Å². The van der Waals surface area contributed by atoms with Gasteiger partial charge >= 0.3 is 0 Å². The summed E-state index contributed by atoms with van der Waals surface area (Å²) in [6, 6.07) is 2.11. The summed E-state index contributed by atoms with van der Waals surface area (Å²) in [6.07, 6.45) is 0.507. The molecule has 0 saturated heterocycles. The van der Waals surface area contributed by atoms with Gasteiger partial charge in [-0.3, -0.25) is 9.58 Å². The van der Waals surface area contributed by atoms with Gasteiger partial charge < -0.3 is 9.84 Å². The molecule has 1 rings (SSSR count). The van der Waals surface area contributed by atoms with Crippen LogP contribution in [0.3, 0.4) is 0 Å². The Morgan fingerprint density at radius 3 is 2.82 bits per heavy atom. The van der Waals surface area contributed by atoms with Gasteiger partial charge in [-0.2, -0.15) is 5.10 Å². The van der Waals surface area contributed by atoms with E-state index in [0.29, 0.717) is 13.2 Å². The van der Waals surface area contributed by atoms with Crippen molar-refractivity contribution >= 4 is 0 Å². The Bertz CT molecular complexity index is 338. The number of aryl methyl sites for hydroxylation is 2. The SMILES string of the molecule is CCc1cc(CN(C)CC(O)COC)n(C)n1. The topological polar surface area (TPSA) is 50.5 Å². The molecule has 5 heteroatoms. The third-order valence-corrected chi connectivity index (χ3v) is 2.70. The molecule has 0 saturated carbocycles. The minimum Gasteiger partial charge on any atom is -0.389 e. The number of aliphatic hydroxyl groups excluding tert-OH is 1. The fourth-order valence-electron chi connectivity index (χ4n) is 1.84. The number of nitrogens with zero attached hydrogens (tertiary/aromatic N) is 3. The smallest absolute Gasteiger partial charge is 0.0900 e. The van der Waals surface area contributed by atoms with Crippen LogP contribution in [0.15, 0.2) is 6.07 Å². The normalized spacial score (nSPS) is 13.3. The van der Waals surface area contributed by atoms with Gasteiger partial charge in [0.25, 0.3) is 0 Å². The van der Waals surface area contributed by atoms with Crippen LogP contribution in [0.1, 0.15) is 18.3 Å². The highest BCUT2D eigenvalue weighted by Gasteiger charge is 2.11. The van der Waals surface area contributed by atoms with Crippen LogP contribution in [0.5, 0.6) is 0 Å². The Kier molecular flexibility index (Phi) is 5.61. The summed E-state index contributed by atoms with van der Waals surface area (Å²) in [5, 5.41) is 14.0. The van der Waals surface area contributed by atoms with E-state index >= 15 is 0 Å². The second-order valence-electron chi connectivity index (χ2n) is 4.41. The van der Waals surface area contributed by atoms with E-state index in [4.69, 9.17) is 4.74 Å². The lowest BCUT2D eigenvalue weighted by atomic mass is 10.3. The van der Waals surface area contributed by atoms with Gasteiger partial charge in [-0.25, -0.2) is 0 Å². The maximum absolute atomic E-state index is 9.63. The van der Waals surface area contributed by atoms with E-state index in [1.807, 2.05) is 18.8 Å². The highest BCUT2D eigenvalue weighted by Crippen LogP contribution is 2.07. The molecule has 0 aromatic carbocycles. The molecule has 0 aliphatic carbocycles. The molecule has 1 aromatic rings. The lowest BCUT2D eigenvalue weighted by molar-refractivity contribution is 0.0414. The highest BCUT2D eigenvalue weighted by molar-refractivity contribution is 5.09. The summed E-state index contributed by atoms with van der Waals surface area (Å²) in [5.41, 5.74) is 2.27. The average molecular weight is 241 g/mol. The quantitative estimate of drug-likeness (QED) is 0.752. The number of rotatable bonds is 7. The molecule has 1 heterocycles. The zero-order valence-electron chi connectivity index (χ0n) is 11.2. The van der Waals surface area contributed by atoms with Crippen LogP contribution in [0, 0.1) is 0 Å². The van der Waals surface area contributed by atoms with Gasteiger partial charge in [0, 0.05) is 27.2 Å². The number of methoxy groups -OCH3 is 1. The van der Waals surface area contributed by atoms with Gasteiger partial charge in [-0.15, -0.1) is 0 Å². The van der Waals surface area contributed by atoms with Crippen molar-refractivity contribution < 1.29 is 9.84 Å². The molecule has 0 bridgehead atoms. The van der Waals surface area contributed by atoms with E-state index in [9.17, 15) is 5.11 Å². The van der Waals surface area contributed by atoms with Gasteiger partial charge in [-0.1, -0.05) is 6.92 Å². The number of likely N-dealkylation sites (N-methyl/N-ethyl adjacent to an activating group) is 1. The summed E-state index contributed by atoms with van der Waals surface area (Å²) in [6.45, 7) is 3.85. The van der Waals surface area contributed by atoms with Crippen LogP contribution in [-0.2, 0) is 24.8 Å². The molecule has 0 spiro atoms. The van der Waals surface area contributed by atoms with Crippen LogP contribution in [0.4, 0.5) is 0 Å². The summed E-state index contributed by atoms with van der Waals surface area (Å²) in [7, 11) is 5.53. The molecule has 0 radical (unpaired) electrons. The first-order valence-electron chi connectivity index (χ1n) is 5.94. The van der Waals surface area contributed by atoms with E-state index in [2.05, 4.69) is 23.0 Å². The van der Waals surface area contributed by atoms with E-state index in [1.165, 1.54) is 0 Å². The van der Waals surface area contributed by atoms with Crippen molar-refractivity contribution in [2.45, 2.75) is 26.0 Å². The molecule has 1 atom stereocenters. The fourth-order valence-corrected chi connectivity index (χ4v) is 1.84. The van der Waals surface area contributed by atoms with Crippen LogP contribution < -0.4 is 0 Å². The molecule has 17 heavy (non-hydrogen) atoms. The standard InChI is InChI=1S/C12H23N3O2/c1-5-10-6-11(15(3)13-10)7-14(2)8-12(16)9-17-4/h6,12,16H,5,7-9H2,1-4H3. The first-order valence-corrected chi connectivity index (χ1v) is 5.94. The Morgan fingerprint density at radius 1 is 1.59 bits per heavy atom. The van der Waals surface area contributed by atoms with Gasteiger partial charge in [0.1, 0.15) is 0 Å². The van der Waals surface area contributed by atoms with Gasteiger partial charge in [-0.05, 0) is 19.5 Å². The van der Waals surface area contributed by atoms with Crippen LogP contribution >= 0.6 is 0 Å². The van der Waals surface area contributed by atoms with Crippen LogP contribution in [0.2, 0.25) is 0 Å². The second-order valence-corrected chi connectivity index (χ2v) is 4.41. The van der Waals surface area contributed by atoms with Crippen molar-refractivity contribution in [3.63, 3.8) is 0 Å². The zero-order valence-corrected chi connectivity index (χ0v) is 11.2. The van der Waals surface area contributed by atoms with Crippen molar-refractivity contribution in [2.75, 3.05) is 27.3 Å². The van der Waals surface area contributed by atoms with Crippen LogP contribution in [-0.4, -0.2) is 53.2 Å². The van der Waals surface area contributed by atoms with Crippen LogP contribution in [0.25, 0.3) is 0 Å². The lowest BCUT2D eigenvalue weighted by Crippen LogP contribution is -2.32. The molecular weight excluding hydrogens is 218 g/mol. The van der Waals surface area contributed by atoms with E-state index < -0.39 is 6.10 Å². The van der Waals surface area contributed by atoms with Crippen molar-refractivity contribution in [2.24, 2.45) is 7.05 Å². The largest absolute Gasteiger partial charge is 0.389 e. The zero-order chi connectivity index (χ0) is 12.8. The molecule has 0 fully saturated rings. The second kappa shape index (κ2) is 6.74. The maximum Gasteiger partial charge on any atom is 0.0900 e. The van der Waals surface area contributed by atoms with Gasteiger partial charge in [0.05, 0.1) is 24.1 Å². The summed E-state index contributed by atoms with van der Waals surface area (Å²) < 4.78 is 6.81. The average Bonchev–Trinajstić information content (AvgIpc) is 2.59. The number of ether oxygens (including phenoxy) is 1. The monoisotopic (exact) mass is 241 g/mol. The van der Waals surface area contributed by atoms with Crippen molar-refractivity contribution in [3.8, 4) is 0 Å². The third-order valence-electron chi connectivity index (χ3n) is 2.70. The van der Waals surface area contributed by atoms with Gasteiger partial charge in [0.15, 0.2) is 0 Å². The molecule has 1 N–H and O–H groups in total. The van der Waals surface area contributed by atoms with Crippen molar-refractivity contribution in [1.29, 1.82) is 0 Å². The summed E-state index contributed by atoms with van der Waals surface area (Å²) in [5.74, 6) is 0. The number of hydrogen-bond donors (Lipinski definition) is 1. The molecule has 0 amide bonds. The lowest BCUT2D eigenvalue weighted by Gasteiger charge is -2.19. The van der Waals surface area contributed by atoms with E-state index in [1.54, 1.807) is 7.11 Å². The molecule has 0 aliphatic rings. The summed E-state index contributed by atoms with van der Waals surface area (Å²) in [4.78, 5) is 2.07. The Hall–Kier alpha value is -0.910. The van der Waals surface area contributed by atoms with Crippen molar-refractivity contribution in [1.82, 2.24) is 14.7 Å². The predicted octanol–water partition coefficient (Wildman–Crippen LogP) is 0.422. The van der Waals surface area contributed by atoms with E-state index in [-0.39, 0.29) is 0 Å².